The van der Waals surface area contributed by atoms with Crippen molar-refractivity contribution in [1.29, 1.82) is 0 Å². The van der Waals surface area contributed by atoms with E-state index in [1.165, 1.54) is 0 Å². The summed E-state index contributed by atoms with van der Waals surface area (Å²) >= 11 is 0. The van der Waals surface area contributed by atoms with Gasteiger partial charge in [0.1, 0.15) is 29.3 Å². The normalized spacial score (nSPS) is 25.2. The van der Waals surface area contributed by atoms with Crippen LogP contribution in [0.2, 0.25) is 0 Å². The van der Waals surface area contributed by atoms with Gasteiger partial charge in [0.25, 0.3) is 0 Å². The lowest BCUT2D eigenvalue weighted by atomic mass is 9.73. The summed E-state index contributed by atoms with van der Waals surface area (Å²) in [6.07, 6.45) is 11.4. The lowest BCUT2D eigenvalue weighted by Gasteiger charge is -2.51. The second-order valence-electron chi connectivity index (χ2n) is 18.4. The summed E-state index contributed by atoms with van der Waals surface area (Å²) in [5.74, 6) is 4.84. The minimum atomic E-state index is -0.437. The molecule has 0 spiro atoms. The topological polar surface area (TPSA) is 95.0 Å². The molecule has 10 atom stereocenters. The van der Waals surface area contributed by atoms with E-state index in [2.05, 4.69) is 83.6 Å². The molecule has 0 saturated carbocycles. The number of methoxy groups -OCH3 is 2. The van der Waals surface area contributed by atoms with Crippen LogP contribution in [0.5, 0.6) is 23.3 Å². The molecule has 4 bridgehead atoms. The molecule has 334 valence electrons. The molecule has 66 heavy (non-hydrogen) atoms. The first-order valence-corrected chi connectivity index (χ1v) is 23.4. The summed E-state index contributed by atoms with van der Waals surface area (Å²) in [4.78, 5) is 25.7. The minimum Gasteiger partial charge on any atom is -0.497 e. The standard InChI is InChI=1S/C56H56N6O4/c1-5-35-33-61-27-23-39(35)29-49(61)52(43-21-25-57-47-19-17-41(63-3)31-45(43)47)65-55-51(37-13-9-7-10-14-37)56(60-54(59-55)38-15-11-8-12-16-38)66-53(50-30-40-24-28-62(50)34-36(40)6-2)44-22-26-58-48-20-18-42(64-4)32-46(44)48/h5-22,25-26,31-32,35-36,39-40,49-50,52-53H,1-2,23-24,27-30,33-34H2,3-4H3/t35?,36?,39?,40?,49?,50?,52-,53?/m0/s1. The Balaban J connectivity index is 1.13. The van der Waals surface area contributed by atoms with E-state index >= 15 is 0 Å². The van der Waals surface area contributed by atoms with Gasteiger partial charge in [-0.15, -0.1) is 13.2 Å². The molecule has 6 aliphatic rings. The van der Waals surface area contributed by atoms with Crippen LogP contribution in [0, 0.1) is 23.7 Å². The van der Waals surface area contributed by atoms with E-state index in [0.717, 1.165) is 107 Å². The van der Waals surface area contributed by atoms with Crippen LogP contribution in [-0.2, 0) is 0 Å². The third-order valence-electron chi connectivity index (χ3n) is 15.0. The van der Waals surface area contributed by atoms with Crippen LogP contribution in [0.15, 0.2) is 147 Å². The average Bonchev–Trinajstić information content (AvgIpc) is 3.39. The fourth-order valence-electron chi connectivity index (χ4n) is 11.5. The third-order valence-corrected chi connectivity index (χ3v) is 15.0. The first kappa shape index (κ1) is 42.0. The Morgan fingerprint density at radius 1 is 0.591 bits per heavy atom. The number of hydrogen-bond donors (Lipinski definition) is 0. The number of ether oxygens (including phenoxy) is 4. The molecule has 3 aromatic heterocycles. The van der Waals surface area contributed by atoms with Gasteiger partial charge in [-0.1, -0.05) is 72.8 Å². The van der Waals surface area contributed by atoms with Crippen molar-refractivity contribution in [2.75, 3.05) is 40.4 Å². The number of benzene rings is 4. The van der Waals surface area contributed by atoms with Crippen LogP contribution in [-0.4, -0.2) is 82.2 Å². The largest absolute Gasteiger partial charge is 0.497 e. The highest BCUT2D eigenvalue weighted by Gasteiger charge is 2.46. The summed E-state index contributed by atoms with van der Waals surface area (Å²) in [5.41, 5.74) is 6.29. The number of nitrogens with zero attached hydrogens (tertiary/aromatic N) is 6. The highest BCUT2D eigenvalue weighted by atomic mass is 16.5. The molecule has 0 N–H and O–H groups in total. The quantitative estimate of drug-likeness (QED) is 0.0983. The van der Waals surface area contributed by atoms with Gasteiger partial charge in [0.15, 0.2) is 5.82 Å². The van der Waals surface area contributed by atoms with Crippen LogP contribution < -0.4 is 18.9 Å². The number of hydrogen-bond acceptors (Lipinski definition) is 10. The minimum absolute atomic E-state index is 0.0502. The van der Waals surface area contributed by atoms with E-state index < -0.39 is 12.2 Å². The molecule has 9 heterocycles. The Morgan fingerprint density at radius 2 is 1.06 bits per heavy atom. The maximum atomic E-state index is 7.73. The van der Waals surface area contributed by atoms with Crippen molar-refractivity contribution >= 4 is 21.8 Å². The molecular formula is C56H56N6O4. The first-order valence-electron chi connectivity index (χ1n) is 23.4. The Labute approximate surface area is 387 Å². The fraction of sp³-hybridized carbons (Fsp3) is 0.321. The lowest BCUT2D eigenvalue weighted by Crippen LogP contribution is -2.55. The molecule has 9 unspecified atom stereocenters. The van der Waals surface area contributed by atoms with E-state index in [-0.39, 0.29) is 12.1 Å². The molecular weight excluding hydrogens is 821 g/mol. The second-order valence-corrected chi connectivity index (χ2v) is 18.4. The number of aromatic nitrogens is 4. The third kappa shape index (κ3) is 7.75. The van der Waals surface area contributed by atoms with Crippen molar-refractivity contribution in [2.45, 2.75) is 50.0 Å². The maximum Gasteiger partial charge on any atom is 0.229 e. The zero-order chi connectivity index (χ0) is 44.7. The molecule has 13 rings (SSSR count). The van der Waals surface area contributed by atoms with E-state index in [9.17, 15) is 0 Å². The van der Waals surface area contributed by atoms with Crippen molar-refractivity contribution in [3.8, 4) is 45.8 Å². The molecule has 7 aromatic rings. The summed E-state index contributed by atoms with van der Waals surface area (Å²) in [5, 5.41) is 1.97. The van der Waals surface area contributed by atoms with Crippen LogP contribution in [0.3, 0.4) is 0 Å². The number of rotatable bonds is 14. The van der Waals surface area contributed by atoms with E-state index in [1.807, 2.05) is 73.1 Å². The van der Waals surface area contributed by atoms with Gasteiger partial charge in [-0.3, -0.25) is 19.8 Å². The molecule has 6 aliphatic heterocycles. The van der Waals surface area contributed by atoms with Crippen molar-refractivity contribution in [1.82, 2.24) is 29.7 Å². The predicted octanol–water partition coefficient (Wildman–Crippen LogP) is 11.0. The van der Waals surface area contributed by atoms with Gasteiger partial charge in [-0.25, -0.2) is 0 Å². The van der Waals surface area contributed by atoms with Crippen LogP contribution in [0.25, 0.3) is 44.3 Å². The van der Waals surface area contributed by atoms with Crippen molar-refractivity contribution in [2.24, 2.45) is 23.7 Å². The number of pyridine rings is 2. The van der Waals surface area contributed by atoms with Gasteiger partial charge in [0.05, 0.1) is 37.3 Å². The summed E-state index contributed by atoms with van der Waals surface area (Å²) < 4.78 is 27.1. The van der Waals surface area contributed by atoms with Crippen LogP contribution >= 0.6 is 0 Å². The molecule has 0 amide bonds. The fourth-order valence-corrected chi connectivity index (χ4v) is 11.5. The van der Waals surface area contributed by atoms with Gasteiger partial charge in [-0.2, -0.15) is 9.97 Å². The lowest BCUT2D eigenvalue weighted by molar-refractivity contribution is -0.0388. The number of fused-ring (bicyclic) bond motifs is 8. The first-order chi connectivity index (χ1) is 32.5. The summed E-state index contributed by atoms with van der Waals surface area (Å²) in [6.45, 7) is 12.3. The van der Waals surface area contributed by atoms with Gasteiger partial charge in [0.2, 0.25) is 11.8 Å². The Kier molecular flexibility index (Phi) is 11.5. The second kappa shape index (κ2) is 18.0. The van der Waals surface area contributed by atoms with Crippen molar-refractivity contribution < 1.29 is 18.9 Å². The van der Waals surface area contributed by atoms with Gasteiger partial charge in [-0.05, 0) is 117 Å². The Bertz CT molecular complexity index is 2740. The Morgan fingerprint density at radius 3 is 1.48 bits per heavy atom. The maximum absolute atomic E-state index is 7.73. The Hall–Kier alpha value is -6.62. The van der Waals surface area contributed by atoms with Gasteiger partial charge >= 0.3 is 0 Å². The van der Waals surface area contributed by atoms with Crippen LogP contribution in [0.1, 0.15) is 49.0 Å². The van der Waals surface area contributed by atoms with Crippen molar-refractivity contribution in [3.05, 3.63) is 158 Å². The molecule has 0 radical (unpaired) electrons. The molecule has 6 saturated heterocycles. The van der Waals surface area contributed by atoms with E-state index in [1.54, 1.807) is 14.2 Å². The van der Waals surface area contributed by atoms with Gasteiger partial charge in [0, 0.05) is 52.9 Å². The highest BCUT2D eigenvalue weighted by Crippen LogP contribution is 2.49. The highest BCUT2D eigenvalue weighted by molar-refractivity contribution is 5.85. The van der Waals surface area contributed by atoms with Gasteiger partial charge < -0.3 is 18.9 Å². The zero-order valence-corrected chi connectivity index (χ0v) is 37.7. The zero-order valence-electron chi connectivity index (χ0n) is 37.7. The summed E-state index contributed by atoms with van der Waals surface area (Å²) in [6, 6.07) is 37.0. The molecule has 6 fully saturated rings. The predicted molar refractivity (Wildman–Crippen MR) is 260 cm³/mol. The molecule has 10 nitrogen and oxygen atoms in total. The summed E-state index contributed by atoms with van der Waals surface area (Å²) in [7, 11) is 3.41. The molecule has 0 aliphatic carbocycles. The van der Waals surface area contributed by atoms with E-state index in [0.29, 0.717) is 46.8 Å². The van der Waals surface area contributed by atoms with E-state index in [4.69, 9.17) is 38.9 Å². The average molecular weight is 877 g/mol. The SMILES string of the molecule is C=CC1CN2CCC1CC2C(Oc1nc(-c2ccccc2)nc(O[C@@H](c2ccnc3ccc(OC)cc23)C2CC3CCN2CC3C=C)c1-c1ccccc1)c1ccnc2ccc(OC)cc12. The van der Waals surface area contributed by atoms with Crippen molar-refractivity contribution in [3.63, 3.8) is 0 Å². The monoisotopic (exact) mass is 876 g/mol. The number of piperidine rings is 6. The van der Waals surface area contributed by atoms with Crippen LogP contribution in [0.4, 0.5) is 0 Å². The smallest absolute Gasteiger partial charge is 0.229 e. The molecule has 4 aromatic carbocycles. The molecule has 10 heteroatoms.